The van der Waals surface area contributed by atoms with Gasteiger partial charge in [-0.15, -0.1) is 0 Å². The first kappa shape index (κ1) is 9.48. The molecular weight excluding hydrogens is 267 g/mol. The number of anilines is 1. The molecule has 0 amide bonds. The molecule has 0 aromatic carbocycles. The van der Waals surface area contributed by atoms with Crippen molar-refractivity contribution in [3.63, 3.8) is 0 Å². The average molecular weight is 274 g/mol. The van der Waals surface area contributed by atoms with E-state index in [1.165, 1.54) is 10.9 Å². The second-order valence-corrected chi connectivity index (χ2v) is 3.95. The van der Waals surface area contributed by atoms with Crippen LogP contribution >= 0.6 is 27.5 Å². The highest BCUT2D eigenvalue weighted by Crippen LogP contribution is 2.20. The Morgan fingerprint density at radius 2 is 2.14 bits per heavy atom. The second-order valence-electron chi connectivity index (χ2n) is 2.62. The van der Waals surface area contributed by atoms with Crippen molar-refractivity contribution in [3.05, 3.63) is 34.0 Å². The van der Waals surface area contributed by atoms with Crippen LogP contribution in [-0.4, -0.2) is 14.8 Å². The van der Waals surface area contributed by atoms with E-state index in [4.69, 9.17) is 17.3 Å². The minimum atomic E-state index is 0.390. The van der Waals surface area contributed by atoms with Gasteiger partial charge >= 0.3 is 0 Å². The number of rotatable bonds is 1. The molecule has 0 aliphatic heterocycles. The highest BCUT2D eigenvalue weighted by molar-refractivity contribution is 9.10. The fourth-order valence-electron chi connectivity index (χ4n) is 1.01. The smallest absolute Gasteiger partial charge is 0.155 e. The van der Waals surface area contributed by atoms with Gasteiger partial charge in [0.05, 0.1) is 6.20 Å². The fourth-order valence-corrected chi connectivity index (χ4v) is 1.37. The molecule has 2 rings (SSSR count). The lowest BCUT2D eigenvalue weighted by molar-refractivity contribution is 0.856. The Hall–Kier alpha value is -1.07. The Kier molecular flexibility index (Phi) is 2.43. The summed E-state index contributed by atoms with van der Waals surface area (Å²) in [6.45, 7) is 0. The molecular formula is C8H6BrClN4. The quantitative estimate of drug-likeness (QED) is 0.867. The summed E-state index contributed by atoms with van der Waals surface area (Å²) in [6, 6.07) is 3.65. The maximum atomic E-state index is 5.77. The van der Waals surface area contributed by atoms with Gasteiger partial charge in [-0.25, -0.2) is 4.98 Å². The largest absolute Gasteiger partial charge is 0.382 e. The van der Waals surface area contributed by atoms with Crippen molar-refractivity contribution in [2.24, 2.45) is 0 Å². The maximum Gasteiger partial charge on any atom is 0.155 e. The van der Waals surface area contributed by atoms with E-state index in [1.54, 1.807) is 12.3 Å². The monoisotopic (exact) mass is 272 g/mol. The molecule has 0 aliphatic carbocycles. The summed E-state index contributed by atoms with van der Waals surface area (Å²) in [7, 11) is 0. The summed E-state index contributed by atoms with van der Waals surface area (Å²) in [5, 5.41) is 4.42. The molecule has 0 saturated heterocycles. The highest BCUT2D eigenvalue weighted by Gasteiger charge is 2.07. The van der Waals surface area contributed by atoms with Crippen LogP contribution in [0.2, 0.25) is 5.02 Å². The van der Waals surface area contributed by atoms with Crippen LogP contribution in [0.3, 0.4) is 0 Å². The van der Waals surface area contributed by atoms with Crippen molar-refractivity contribution in [2.45, 2.75) is 0 Å². The third kappa shape index (κ3) is 1.60. The Bertz CT molecular complexity index is 451. The van der Waals surface area contributed by atoms with E-state index in [-0.39, 0.29) is 0 Å². The van der Waals surface area contributed by atoms with Crippen LogP contribution in [0, 0.1) is 0 Å². The summed E-state index contributed by atoms with van der Waals surface area (Å²) < 4.78 is 2.38. The predicted molar refractivity (Wildman–Crippen MR) is 58.5 cm³/mol. The molecule has 72 valence electrons. The number of nitrogens with zero attached hydrogens (tertiary/aromatic N) is 3. The van der Waals surface area contributed by atoms with Crippen molar-refractivity contribution in [3.8, 4) is 5.82 Å². The fraction of sp³-hybridized carbons (Fsp3) is 0. The molecule has 14 heavy (non-hydrogen) atoms. The number of nitrogen functional groups attached to an aromatic ring is 1. The molecule has 2 aromatic rings. The van der Waals surface area contributed by atoms with Gasteiger partial charge in [-0.1, -0.05) is 11.6 Å². The van der Waals surface area contributed by atoms with Crippen molar-refractivity contribution < 1.29 is 0 Å². The minimum absolute atomic E-state index is 0.390. The summed E-state index contributed by atoms with van der Waals surface area (Å²) in [5.41, 5.74) is 5.69. The minimum Gasteiger partial charge on any atom is -0.382 e. The predicted octanol–water partition coefficient (Wildman–Crippen LogP) is 2.27. The molecule has 0 atom stereocenters. The van der Waals surface area contributed by atoms with E-state index in [9.17, 15) is 0 Å². The van der Waals surface area contributed by atoms with Crippen LogP contribution < -0.4 is 5.73 Å². The van der Waals surface area contributed by atoms with Gasteiger partial charge in [0.25, 0.3) is 0 Å². The van der Waals surface area contributed by atoms with Crippen LogP contribution in [0.25, 0.3) is 5.82 Å². The zero-order valence-corrected chi connectivity index (χ0v) is 9.33. The van der Waals surface area contributed by atoms with Crippen molar-refractivity contribution in [2.75, 3.05) is 5.73 Å². The van der Waals surface area contributed by atoms with E-state index in [0.29, 0.717) is 16.7 Å². The summed E-state index contributed by atoms with van der Waals surface area (Å²) >= 11 is 9.06. The lowest BCUT2D eigenvalue weighted by Gasteiger charge is -2.02. The van der Waals surface area contributed by atoms with Gasteiger partial charge in [-0.2, -0.15) is 9.78 Å². The highest BCUT2D eigenvalue weighted by atomic mass is 79.9. The molecule has 0 spiro atoms. The average Bonchev–Trinajstić information content (AvgIpc) is 2.50. The van der Waals surface area contributed by atoms with Crippen molar-refractivity contribution in [1.82, 2.24) is 14.8 Å². The van der Waals surface area contributed by atoms with E-state index in [2.05, 4.69) is 26.0 Å². The van der Waals surface area contributed by atoms with E-state index in [1.807, 2.05) is 6.07 Å². The number of hydrogen-bond acceptors (Lipinski definition) is 3. The molecule has 2 heterocycles. The van der Waals surface area contributed by atoms with Crippen LogP contribution in [0.5, 0.6) is 0 Å². The third-order valence-corrected chi connectivity index (χ3v) is 2.45. The zero-order valence-electron chi connectivity index (χ0n) is 6.98. The lowest BCUT2D eigenvalue weighted by atomic mass is 10.4. The number of hydrogen-bond donors (Lipinski definition) is 1. The van der Waals surface area contributed by atoms with Crippen LogP contribution in [0.4, 0.5) is 5.82 Å². The van der Waals surface area contributed by atoms with Crippen LogP contribution in [0.1, 0.15) is 0 Å². The normalized spacial score (nSPS) is 10.4. The zero-order chi connectivity index (χ0) is 10.1. The van der Waals surface area contributed by atoms with Crippen molar-refractivity contribution >= 4 is 33.3 Å². The maximum absolute atomic E-state index is 5.77. The Morgan fingerprint density at radius 3 is 2.64 bits per heavy atom. The Balaban J connectivity index is 2.49. The van der Waals surface area contributed by atoms with Gasteiger partial charge < -0.3 is 5.73 Å². The molecule has 2 N–H and O–H groups in total. The van der Waals surface area contributed by atoms with Gasteiger partial charge in [-0.3, -0.25) is 0 Å². The summed E-state index contributed by atoms with van der Waals surface area (Å²) in [6.07, 6.45) is 3.16. The van der Waals surface area contributed by atoms with E-state index >= 15 is 0 Å². The molecule has 0 bridgehead atoms. The number of nitrogens with two attached hydrogens (primary N) is 1. The lowest BCUT2D eigenvalue weighted by Crippen LogP contribution is -2.03. The molecule has 2 aromatic heterocycles. The van der Waals surface area contributed by atoms with Crippen molar-refractivity contribution in [1.29, 1.82) is 0 Å². The number of aromatic nitrogens is 3. The molecule has 6 heteroatoms. The van der Waals surface area contributed by atoms with Gasteiger partial charge in [0.15, 0.2) is 5.82 Å². The molecule has 0 radical (unpaired) electrons. The molecule has 4 nitrogen and oxygen atoms in total. The van der Waals surface area contributed by atoms with Crippen LogP contribution in [0.15, 0.2) is 29.0 Å². The first-order valence-corrected chi connectivity index (χ1v) is 4.96. The number of pyridine rings is 1. The first-order valence-electron chi connectivity index (χ1n) is 3.79. The molecule has 0 unspecified atom stereocenters. The Labute approximate surface area is 93.8 Å². The summed E-state index contributed by atoms with van der Waals surface area (Å²) in [4.78, 5) is 4.14. The van der Waals surface area contributed by atoms with Crippen LogP contribution in [-0.2, 0) is 0 Å². The third-order valence-electron chi connectivity index (χ3n) is 1.69. The Morgan fingerprint density at radius 1 is 1.36 bits per heavy atom. The van der Waals surface area contributed by atoms with E-state index in [0.717, 1.165) is 4.47 Å². The molecule has 0 saturated carbocycles. The van der Waals surface area contributed by atoms with Gasteiger partial charge in [0.1, 0.15) is 10.8 Å². The standard InChI is InChI=1S/C8H6BrClN4/c9-5-1-2-7(12-3-5)14-8(11)6(10)4-13-14/h1-4H,11H2. The summed E-state index contributed by atoms with van der Waals surface area (Å²) in [5.74, 6) is 1.03. The topological polar surface area (TPSA) is 56.7 Å². The SMILES string of the molecule is Nc1c(Cl)cnn1-c1ccc(Br)cn1. The van der Waals surface area contributed by atoms with E-state index < -0.39 is 0 Å². The molecule has 0 fully saturated rings. The number of halogens is 2. The van der Waals surface area contributed by atoms with Gasteiger partial charge in [-0.05, 0) is 28.1 Å². The first-order chi connectivity index (χ1) is 6.68. The molecule has 0 aliphatic rings. The van der Waals surface area contributed by atoms with Gasteiger partial charge in [0, 0.05) is 10.7 Å². The van der Waals surface area contributed by atoms with Gasteiger partial charge in [0.2, 0.25) is 0 Å². The second kappa shape index (κ2) is 3.59.